The lowest BCUT2D eigenvalue weighted by molar-refractivity contribution is -0.137. The third kappa shape index (κ3) is 4.96. The minimum atomic E-state index is -4.30. The molecule has 0 saturated carbocycles. The second-order valence-electron chi connectivity index (χ2n) is 5.57. The van der Waals surface area contributed by atoms with E-state index in [1.165, 1.54) is 17.7 Å². The van der Waals surface area contributed by atoms with Crippen LogP contribution < -0.4 is 10.6 Å². The first-order valence-electron chi connectivity index (χ1n) is 7.54. The number of thiocarbonyl (C=S) groups is 1. The maximum atomic E-state index is 12.5. The molecule has 0 heterocycles. The number of rotatable bonds is 4. The number of benzene rings is 2. The van der Waals surface area contributed by atoms with Crippen molar-refractivity contribution in [3.8, 4) is 0 Å². The highest BCUT2D eigenvalue weighted by molar-refractivity contribution is 7.80. The van der Waals surface area contributed by atoms with Gasteiger partial charge in [-0.05, 0) is 67.4 Å². The van der Waals surface area contributed by atoms with Crippen molar-refractivity contribution < 1.29 is 13.2 Å². The number of hydrogen-bond acceptors (Lipinski definition) is 1. The Balaban J connectivity index is 1.83. The van der Waals surface area contributed by atoms with Crippen molar-refractivity contribution in [1.29, 1.82) is 0 Å². The van der Waals surface area contributed by atoms with E-state index in [1.54, 1.807) is 0 Å². The fraction of sp³-hybridized carbons (Fsp3) is 0.278. The van der Waals surface area contributed by atoms with E-state index in [1.807, 2.05) is 32.0 Å². The maximum absolute atomic E-state index is 12.5. The fourth-order valence-corrected chi connectivity index (χ4v) is 2.45. The van der Waals surface area contributed by atoms with Crippen molar-refractivity contribution in [2.45, 2.75) is 26.4 Å². The molecule has 2 N–H and O–H groups in total. The van der Waals surface area contributed by atoms with Gasteiger partial charge in [0, 0.05) is 12.2 Å². The van der Waals surface area contributed by atoms with Gasteiger partial charge in [0.2, 0.25) is 0 Å². The molecule has 0 saturated heterocycles. The van der Waals surface area contributed by atoms with Crippen molar-refractivity contribution >= 4 is 23.0 Å². The molecule has 0 aliphatic carbocycles. The number of halogens is 3. The number of hydrogen-bond donors (Lipinski definition) is 2. The predicted molar refractivity (Wildman–Crippen MR) is 95.3 cm³/mol. The number of aryl methyl sites for hydroxylation is 1. The van der Waals surface area contributed by atoms with E-state index in [0.717, 1.165) is 28.9 Å². The SMILES string of the molecule is Cc1cccc(NC(=S)NCCc2ccc(C(F)(F)F)cc2)c1C. The Morgan fingerprint density at radius 1 is 1.04 bits per heavy atom. The van der Waals surface area contributed by atoms with Gasteiger partial charge < -0.3 is 10.6 Å². The first-order chi connectivity index (χ1) is 11.3. The molecule has 24 heavy (non-hydrogen) atoms. The molecule has 0 aliphatic rings. The van der Waals surface area contributed by atoms with Gasteiger partial charge in [-0.3, -0.25) is 0 Å². The van der Waals surface area contributed by atoms with E-state index in [-0.39, 0.29) is 0 Å². The van der Waals surface area contributed by atoms with Gasteiger partial charge in [-0.15, -0.1) is 0 Å². The lowest BCUT2D eigenvalue weighted by Crippen LogP contribution is -2.30. The minimum Gasteiger partial charge on any atom is -0.362 e. The summed E-state index contributed by atoms with van der Waals surface area (Å²) in [5, 5.41) is 6.70. The molecule has 0 aliphatic heterocycles. The minimum absolute atomic E-state index is 0.496. The fourth-order valence-electron chi connectivity index (χ4n) is 2.23. The zero-order valence-corrected chi connectivity index (χ0v) is 14.3. The molecule has 2 aromatic rings. The van der Waals surface area contributed by atoms with Gasteiger partial charge in [-0.2, -0.15) is 13.2 Å². The van der Waals surface area contributed by atoms with Crippen LogP contribution >= 0.6 is 12.2 Å². The summed E-state index contributed by atoms with van der Waals surface area (Å²) in [6, 6.07) is 11.1. The zero-order chi connectivity index (χ0) is 17.7. The Labute approximate surface area is 145 Å². The maximum Gasteiger partial charge on any atom is 0.416 e. The van der Waals surface area contributed by atoms with Crippen molar-refractivity contribution in [3.63, 3.8) is 0 Å². The molecule has 6 heteroatoms. The van der Waals surface area contributed by atoms with E-state index in [2.05, 4.69) is 10.6 Å². The van der Waals surface area contributed by atoms with Crippen LogP contribution in [-0.2, 0) is 12.6 Å². The van der Waals surface area contributed by atoms with Crippen LogP contribution in [0.15, 0.2) is 42.5 Å². The molecular weight excluding hydrogens is 333 g/mol. The smallest absolute Gasteiger partial charge is 0.362 e. The van der Waals surface area contributed by atoms with Gasteiger partial charge in [0.1, 0.15) is 0 Å². The highest BCUT2D eigenvalue weighted by Gasteiger charge is 2.29. The van der Waals surface area contributed by atoms with Gasteiger partial charge in [0.05, 0.1) is 5.56 Å². The lowest BCUT2D eigenvalue weighted by Gasteiger charge is -2.14. The lowest BCUT2D eigenvalue weighted by atomic mass is 10.1. The molecule has 0 unspecified atom stereocenters. The van der Waals surface area contributed by atoms with Crippen LogP contribution in [-0.4, -0.2) is 11.7 Å². The molecule has 0 fully saturated rings. The first kappa shape index (κ1) is 18.3. The van der Waals surface area contributed by atoms with Crippen molar-refractivity contribution in [3.05, 3.63) is 64.7 Å². The third-order valence-corrected chi connectivity index (χ3v) is 4.08. The molecule has 2 aromatic carbocycles. The molecule has 0 radical (unpaired) electrons. The van der Waals surface area contributed by atoms with Crippen molar-refractivity contribution in [2.24, 2.45) is 0 Å². The average Bonchev–Trinajstić information content (AvgIpc) is 2.51. The highest BCUT2D eigenvalue weighted by atomic mass is 32.1. The highest BCUT2D eigenvalue weighted by Crippen LogP contribution is 2.29. The Kier molecular flexibility index (Phi) is 5.83. The van der Waals surface area contributed by atoms with E-state index in [0.29, 0.717) is 18.1 Å². The van der Waals surface area contributed by atoms with Crippen LogP contribution in [0.3, 0.4) is 0 Å². The summed E-state index contributed by atoms with van der Waals surface area (Å²) in [6.07, 6.45) is -3.71. The van der Waals surface area contributed by atoms with E-state index >= 15 is 0 Å². The average molecular weight is 352 g/mol. The first-order valence-corrected chi connectivity index (χ1v) is 7.95. The van der Waals surface area contributed by atoms with E-state index in [4.69, 9.17) is 12.2 Å². The topological polar surface area (TPSA) is 24.1 Å². The van der Waals surface area contributed by atoms with Gasteiger partial charge >= 0.3 is 6.18 Å². The summed E-state index contributed by atoms with van der Waals surface area (Å²) in [6.45, 7) is 4.59. The summed E-state index contributed by atoms with van der Waals surface area (Å²) in [5.41, 5.74) is 3.44. The van der Waals surface area contributed by atoms with Crippen LogP contribution in [0, 0.1) is 13.8 Å². The largest absolute Gasteiger partial charge is 0.416 e. The summed E-state index contributed by atoms with van der Waals surface area (Å²) < 4.78 is 37.5. The van der Waals surface area contributed by atoms with Crippen LogP contribution in [0.4, 0.5) is 18.9 Å². The quantitative estimate of drug-likeness (QED) is 0.769. The Bertz CT molecular complexity index is 709. The summed E-state index contributed by atoms with van der Waals surface area (Å²) in [7, 11) is 0. The molecule has 2 nitrogen and oxygen atoms in total. The molecule has 0 bridgehead atoms. The zero-order valence-electron chi connectivity index (χ0n) is 13.5. The van der Waals surface area contributed by atoms with Gasteiger partial charge in [0.15, 0.2) is 5.11 Å². The molecular formula is C18H19F3N2S. The van der Waals surface area contributed by atoms with Gasteiger partial charge in [-0.25, -0.2) is 0 Å². The van der Waals surface area contributed by atoms with Crippen LogP contribution in [0.25, 0.3) is 0 Å². The number of nitrogens with one attached hydrogen (secondary N) is 2. The molecule has 0 spiro atoms. The Hall–Kier alpha value is -2.08. The van der Waals surface area contributed by atoms with Gasteiger partial charge in [-0.1, -0.05) is 24.3 Å². The third-order valence-electron chi connectivity index (χ3n) is 3.83. The monoisotopic (exact) mass is 352 g/mol. The van der Waals surface area contributed by atoms with Crippen molar-refractivity contribution in [2.75, 3.05) is 11.9 Å². The second-order valence-corrected chi connectivity index (χ2v) is 5.98. The van der Waals surface area contributed by atoms with Crippen LogP contribution in [0.1, 0.15) is 22.3 Å². The Morgan fingerprint density at radius 3 is 2.33 bits per heavy atom. The summed E-state index contributed by atoms with van der Waals surface area (Å²) >= 11 is 5.25. The number of anilines is 1. The number of alkyl halides is 3. The van der Waals surface area contributed by atoms with Crippen LogP contribution in [0.5, 0.6) is 0 Å². The predicted octanol–water partition coefficient (Wildman–Crippen LogP) is 4.85. The summed E-state index contributed by atoms with van der Waals surface area (Å²) in [5.74, 6) is 0. The summed E-state index contributed by atoms with van der Waals surface area (Å²) in [4.78, 5) is 0. The van der Waals surface area contributed by atoms with E-state index in [9.17, 15) is 13.2 Å². The Morgan fingerprint density at radius 2 is 1.71 bits per heavy atom. The van der Waals surface area contributed by atoms with Crippen LogP contribution in [0.2, 0.25) is 0 Å². The molecule has 128 valence electrons. The standard InChI is InChI=1S/C18H19F3N2S/c1-12-4-3-5-16(13(12)2)23-17(24)22-11-10-14-6-8-15(9-7-14)18(19,20)21/h3-9H,10-11H2,1-2H3,(H2,22,23,24). The molecule has 0 aromatic heterocycles. The molecule has 0 amide bonds. The van der Waals surface area contributed by atoms with Crippen molar-refractivity contribution in [1.82, 2.24) is 5.32 Å². The second kappa shape index (κ2) is 7.66. The van der Waals surface area contributed by atoms with E-state index < -0.39 is 11.7 Å². The normalized spacial score (nSPS) is 11.2. The van der Waals surface area contributed by atoms with Gasteiger partial charge in [0.25, 0.3) is 0 Å². The molecule has 2 rings (SSSR count). The molecule has 0 atom stereocenters.